The molecule has 4 aromatic rings. The van der Waals surface area contributed by atoms with Crippen molar-refractivity contribution in [3.63, 3.8) is 0 Å². The van der Waals surface area contributed by atoms with Crippen LogP contribution in [0.1, 0.15) is 16.1 Å². The molecule has 7 nitrogen and oxygen atoms in total. The lowest BCUT2D eigenvalue weighted by Crippen LogP contribution is -2.05. The fraction of sp³-hybridized carbons (Fsp3) is 0.143. The van der Waals surface area contributed by atoms with E-state index in [-0.39, 0.29) is 5.78 Å². The number of nitrogens with zero attached hydrogens (tertiary/aromatic N) is 2. The second kappa shape index (κ2) is 7.11. The highest BCUT2D eigenvalue weighted by Crippen LogP contribution is 2.38. The summed E-state index contributed by atoms with van der Waals surface area (Å²) in [5, 5.41) is 1.09. The highest BCUT2D eigenvalue weighted by atomic mass is 16.5. The molecule has 0 fully saturated rings. The first-order chi connectivity index (χ1) is 13.7. The van der Waals surface area contributed by atoms with Crippen LogP contribution < -0.4 is 14.2 Å². The number of imidazole rings is 1. The highest BCUT2D eigenvalue weighted by Gasteiger charge is 2.20. The van der Waals surface area contributed by atoms with Crippen molar-refractivity contribution < 1.29 is 19.0 Å². The molecule has 2 aromatic heterocycles. The van der Waals surface area contributed by atoms with Crippen molar-refractivity contribution in [3.8, 4) is 23.2 Å². The molecule has 0 spiro atoms. The molecule has 0 atom stereocenters. The number of hydrogen-bond donors (Lipinski definition) is 1. The van der Waals surface area contributed by atoms with E-state index in [1.54, 1.807) is 18.3 Å². The number of aromatic amines is 1. The molecule has 0 amide bonds. The van der Waals surface area contributed by atoms with E-state index in [0.29, 0.717) is 34.5 Å². The van der Waals surface area contributed by atoms with Gasteiger partial charge in [0.2, 0.25) is 17.5 Å². The topological polar surface area (TPSA) is 78.4 Å². The van der Waals surface area contributed by atoms with Crippen LogP contribution in [0.3, 0.4) is 0 Å². The van der Waals surface area contributed by atoms with Gasteiger partial charge in [-0.1, -0.05) is 18.2 Å². The lowest BCUT2D eigenvalue weighted by atomic mass is 10.1. The van der Waals surface area contributed by atoms with E-state index in [1.807, 2.05) is 41.1 Å². The third-order valence-electron chi connectivity index (χ3n) is 4.55. The summed E-state index contributed by atoms with van der Waals surface area (Å²) in [4.78, 5) is 20.5. The number of carbonyl (C=O) groups is 1. The Bertz CT molecular complexity index is 1130. The Balaban J connectivity index is 1.72. The number of methoxy groups -OCH3 is 3. The van der Waals surface area contributed by atoms with Gasteiger partial charge in [-0.2, -0.15) is 0 Å². The molecule has 0 radical (unpaired) electrons. The van der Waals surface area contributed by atoms with E-state index in [2.05, 4.69) is 9.97 Å². The molecule has 0 unspecified atom stereocenters. The lowest BCUT2D eigenvalue weighted by molar-refractivity contribution is 0.103. The molecule has 2 heterocycles. The summed E-state index contributed by atoms with van der Waals surface area (Å²) >= 11 is 0. The van der Waals surface area contributed by atoms with Gasteiger partial charge < -0.3 is 19.2 Å². The van der Waals surface area contributed by atoms with E-state index in [0.717, 1.165) is 10.9 Å². The third-order valence-corrected chi connectivity index (χ3v) is 4.55. The molecule has 0 aliphatic heterocycles. The molecule has 1 N–H and O–H groups in total. The van der Waals surface area contributed by atoms with E-state index >= 15 is 0 Å². The zero-order valence-corrected chi connectivity index (χ0v) is 15.7. The summed E-state index contributed by atoms with van der Waals surface area (Å²) in [6.07, 6.45) is 3.51. The Morgan fingerprint density at radius 2 is 1.71 bits per heavy atom. The minimum atomic E-state index is -0.252. The van der Waals surface area contributed by atoms with Gasteiger partial charge in [0.25, 0.3) is 0 Å². The number of nitrogens with one attached hydrogen (secondary N) is 1. The van der Waals surface area contributed by atoms with Crippen LogP contribution in [0, 0.1) is 0 Å². The van der Waals surface area contributed by atoms with Gasteiger partial charge in [-0.3, -0.25) is 9.36 Å². The second-order valence-electron chi connectivity index (χ2n) is 6.10. The SMILES string of the molecule is COc1cc(C(=O)c2c[nH]c(-n3ccc4ccccc43)n2)cc(OC)c1OC. The Labute approximate surface area is 161 Å². The number of H-pyrrole nitrogens is 1. The van der Waals surface area contributed by atoms with Crippen LogP contribution in [-0.2, 0) is 0 Å². The third kappa shape index (κ3) is 2.87. The molecule has 7 heteroatoms. The number of aromatic nitrogens is 3. The lowest BCUT2D eigenvalue weighted by Gasteiger charge is -2.13. The number of rotatable bonds is 6. The number of benzene rings is 2. The molecule has 28 heavy (non-hydrogen) atoms. The predicted molar refractivity (Wildman–Crippen MR) is 105 cm³/mol. The van der Waals surface area contributed by atoms with E-state index in [1.165, 1.54) is 21.3 Å². The number of carbonyl (C=O) groups excluding carboxylic acids is 1. The normalized spacial score (nSPS) is 10.8. The summed E-state index contributed by atoms with van der Waals surface area (Å²) < 4.78 is 17.9. The van der Waals surface area contributed by atoms with Gasteiger partial charge in [-0.25, -0.2) is 4.98 Å². The first-order valence-corrected chi connectivity index (χ1v) is 8.63. The maximum absolute atomic E-state index is 13.0. The van der Waals surface area contributed by atoms with Gasteiger partial charge >= 0.3 is 0 Å². The average Bonchev–Trinajstić information content (AvgIpc) is 3.38. The molecular weight excluding hydrogens is 358 g/mol. The van der Waals surface area contributed by atoms with Crippen molar-refractivity contribution in [2.24, 2.45) is 0 Å². The minimum Gasteiger partial charge on any atom is -0.493 e. The first kappa shape index (κ1) is 17.7. The maximum Gasteiger partial charge on any atom is 0.213 e. The van der Waals surface area contributed by atoms with Crippen LogP contribution in [0.25, 0.3) is 16.9 Å². The van der Waals surface area contributed by atoms with Crippen LogP contribution in [0.5, 0.6) is 17.2 Å². The van der Waals surface area contributed by atoms with Gasteiger partial charge in [0.1, 0.15) is 5.69 Å². The first-order valence-electron chi connectivity index (χ1n) is 8.63. The van der Waals surface area contributed by atoms with E-state index < -0.39 is 0 Å². The van der Waals surface area contributed by atoms with Crippen molar-refractivity contribution in [2.45, 2.75) is 0 Å². The van der Waals surface area contributed by atoms with Crippen LogP contribution in [0.4, 0.5) is 0 Å². The molecule has 0 aliphatic rings. The molecule has 0 aliphatic carbocycles. The highest BCUT2D eigenvalue weighted by molar-refractivity contribution is 6.08. The summed E-state index contributed by atoms with van der Waals surface area (Å²) in [5.74, 6) is 1.58. The zero-order chi connectivity index (χ0) is 19.7. The summed E-state index contributed by atoms with van der Waals surface area (Å²) in [6, 6.07) is 13.2. The molecule has 0 saturated heterocycles. The number of ether oxygens (including phenoxy) is 3. The number of hydrogen-bond acceptors (Lipinski definition) is 5. The second-order valence-corrected chi connectivity index (χ2v) is 6.10. The zero-order valence-electron chi connectivity index (χ0n) is 15.7. The van der Waals surface area contributed by atoms with Crippen LogP contribution >= 0.6 is 0 Å². The Morgan fingerprint density at radius 3 is 2.39 bits per heavy atom. The largest absolute Gasteiger partial charge is 0.493 e. The van der Waals surface area contributed by atoms with Crippen LogP contribution in [0.15, 0.2) is 54.9 Å². The van der Waals surface area contributed by atoms with Gasteiger partial charge in [0.15, 0.2) is 11.5 Å². The summed E-state index contributed by atoms with van der Waals surface area (Å²) in [7, 11) is 4.54. The summed E-state index contributed by atoms with van der Waals surface area (Å²) in [5.41, 5.74) is 1.69. The molecule has 0 bridgehead atoms. The van der Waals surface area contributed by atoms with Crippen molar-refractivity contribution in [2.75, 3.05) is 21.3 Å². The number of ketones is 1. The van der Waals surface area contributed by atoms with Crippen LogP contribution in [0.2, 0.25) is 0 Å². The fourth-order valence-corrected chi connectivity index (χ4v) is 3.18. The predicted octanol–water partition coefficient (Wildman–Crippen LogP) is 3.61. The Morgan fingerprint density at radius 1 is 1.00 bits per heavy atom. The molecule has 2 aromatic carbocycles. The Kier molecular flexibility index (Phi) is 4.49. The van der Waals surface area contributed by atoms with Gasteiger partial charge in [0.05, 0.1) is 26.8 Å². The standard InChI is InChI=1S/C21H19N3O4/c1-26-17-10-14(11-18(27-2)20(17)28-3)19(25)15-12-22-21(23-15)24-9-8-13-6-4-5-7-16(13)24/h4-12H,1-3H3,(H,22,23). The van der Waals surface area contributed by atoms with Crippen molar-refractivity contribution >= 4 is 16.7 Å². The van der Waals surface area contributed by atoms with Crippen molar-refractivity contribution in [3.05, 3.63) is 66.1 Å². The monoisotopic (exact) mass is 377 g/mol. The van der Waals surface area contributed by atoms with Gasteiger partial charge in [-0.05, 0) is 24.3 Å². The molecule has 0 saturated carbocycles. The van der Waals surface area contributed by atoms with E-state index in [9.17, 15) is 4.79 Å². The molecular formula is C21H19N3O4. The van der Waals surface area contributed by atoms with E-state index in [4.69, 9.17) is 14.2 Å². The van der Waals surface area contributed by atoms with Crippen molar-refractivity contribution in [1.82, 2.24) is 14.5 Å². The minimum absolute atomic E-state index is 0.252. The smallest absolute Gasteiger partial charge is 0.213 e. The Hall–Kier alpha value is -3.74. The fourth-order valence-electron chi connectivity index (χ4n) is 3.18. The summed E-state index contributed by atoms with van der Waals surface area (Å²) in [6.45, 7) is 0. The maximum atomic E-state index is 13.0. The molecule has 4 rings (SSSR count). The molecule has 142 valence electrons. The number of fused-ring (bicyclic) bond motifs is 1. The van der Waals surface area contributed by atoms with Crippen LogP contribution in [-0.4, -0.2) is 41.6 Å². The van der Waals surface area contributed by atoms with Gasteiger partial charge in [0, 0.05) is 23.3 Å². The number of para-hydroxylation sites is 1. The average molecular weight is 377 g/mol. The van der Waals surface area contributed by atoms with Crippen molar-refractivity contribution in [1.29, 1.82) is 0 Å². The van der Waals surface area contributed by atoms with Gasteiger partial charge in [-0.15, -0.1) is 0 Å². The quantitative estimate of drug-likeness (QED) is 0.519.